The van der Waals surface area contributed by atoms with E-state index in [1.165, 1.54) is 29.6 Å². The van der Waals surface area contributed by atoms with Gasteiger partial charge < -0.3 is 9.64 Å². The highest BCUT2D eigenvalue weighted by molar-refractivity contribution is 8.03. The smallest absolute Gasteiger partial charge is 0.0593 e. The summed E-state index contributed by atoms with van der Waals surface area (Å²) in [7, 11) is 4.32. The van der Waals surface area contributed by atoms with Crippen LogP contribution in [0.25, 0.3) is 0 Å². The van der Waals surface area contributed by atoms with Gasteiger partial charge in [-0.3, -0.25) is 4.90 Å². The third-order valence-corrected chi connectivity index (χ3v) is 5.99. The summed E-state index contributed by atoms with van der Waals surface area (Å²) < 4.78 is 5.78. The molecule has 0 aromatic carbocycles. The summed E-state index contributed by atoms with van der Waals surface area (Å²) in [6.07, 6.45) is 0. The van der Waals surface area contributed by atoms with Gasteiger partial charge >= 0.3 is 0 Å². The van der Waals surface area contributed by atoms with Crippen LogP contribution in [0.2, 0.25) is 0 Å². The van der Waals surface area contributed by atoms with E-state index in [4.69, 9.17) is 4.74 Å². The molecule has 5 heteroatoms. The predicted octanol–water partition coefficient (Wildman–Crippen LogP) is 1.35. The van der Waals surface area contributed by atoms with Crippen molar-refractivity contribution in [1.82, 2.24) is 9.80 Å². The van der Waals surface area contributed by atoms with Gasteiger partial charge in [-0.05, 0) is 14.1 Å². The predicted molar refractivity (Wildman–Crippen MR) is 82.9 cm³/mol. The number of hydrogen-bond donors (Lipinski definition) is 0. The largest absolute Gasteiger partial charge is 0.380 e. The quantitative estimate of drug-likeness (QED) is 0.777. The Hall–Kier alpha value is 0.580. The highest BCUT2D eigenvalue weighted by Gasteiger charge is 2.26. The average Bonchev–Trinajstić information content (AvgIpc) is 2.70. The lowest BCUT2D eigenvalue weighted by Gasteiger charge is -2.31. The third-order valence-electron chi connectivity index (χ3n) is 3.50. The second-order valence-corrected chi connectivity index (χ2v) is 7.80. The molecule has 0 N–H and O–H groups in total. The van der Waals surface area contributed by atoms with Gasteiger partial charge in [-0.2, -0.15) is 23.5 Å². The van der Waals surface area contributed by atoms with E-state index in [0.717, 1.165) is 32.3 Å². The molecule has 2 rings (SSSR count). The molecule has 2 saturated heterocycles. The zero-order valence-corrected chi connectivity index (χ0v) is 13.3. The fourth-order valence-corrected chi connectivity index (χ4v) is 5.31. The Labute approximate surface area is 120 Å². The third kappa shape index (κ3) is 4.93. The molecule has 0 aromatic rings. The lowest BCUT2D eigenvalue weighted by atomic mass is 10.1. The summed E-state index contributed by atoms with van der Waals surface area (Å²) in [5.41, 5.74) is 0. The second kappa shape index (κ2) is 8.00. The zero-order valence-electron chi connectivity index (χ0n) is 11.6. The van der Waals surface area contributed by atoms with E-state index in [2.05, 4.69) is 47.4 Å². The van der Waals surface area contributed by atoms with Gasteiger partial charge in [-0.25, -0.2) is 0 Å². The summed E-state index contributed by atoms with van der Waals surface area (Å²) in [6, 6.07) is 0.758. The average molecular weight is 290 g/mol. The van der Waals surface area contributed by atoms with Crippen LogP contribution in [-0.4, -0.2) is 85.8 Å². The van der Waals surface area contributed by atoms with Crippen LogP contribution in [-0.2, 0) is 4.74 Å². The minimum atomic E-state index is 0.667. The van der Waals surface area contributed by atoms with Gasteiger partial charge in [0, 0.05) is 54.6 Å². The maximum atomic E-state index is 5.78. The minimum absolute atomic E-state index is 0.667. The van der Waals surface area contributed by atoms with Gasteiger partial charge in [0.2, 0.25) is 0 Å². The summed E-state index contributed by atoms with van der Waals surface area (Å²) in [6.45, 7) is 5.32. The topological polar surface area (TPSA) is 15.7 Å². The van der Waals surface area contributed by atoms with E-state index in [9.17, 15) is 0 Å². The Morgan fingerprint density at radius 2 is 1.94 bits per heavy atom. The van der Waals surface area contributed by atoms with Crippen molar-refractivity contribution in [3.05, 3.63) is 0 Å². The van der Waals surface area contributed by atoms with Crippen molar-refractivity contribution in [2.24, 2.45) is 5.92 Å². The maximum absolute atomic E-state index is 5.78. The number of hydrogen-bond acceptors (Lipinski definition) is 5. The molecular formula is C13H26N2OS2. The molecule has 1 unspecified atom stereocenters. The highest BCUT2D eigenvalue weighted by Crippen LogP contribution is 2.22. The molecule has 106 valence electrons. The van der Waals surface area contributed by atoms with Crippen LogP contribution in [0, 0.1) is 5.92 Å². The molecule has 0 saturated carbocycles. The first kappa shape index (κ1) is 15.0. The van der Waals surface area contributed by atoms with Crippen LogP contribution in [0.3, 0.4) is 0 Å². The van der Waals surface area contributed by atoms with Crippen molar-refractivity contribution in [2.75, 3.05) is 70.0 Å². The fourth-order valence-electron chi connectivity index (χ4n) is 2.68. The van der Waals surface area contributed by atoms with Gasteiger partial charge in [0.05, 0.1) is 13.2 Å². The van der Waals surface area contributed by atoms with E-state index in [1.807, 2.05) is 0 Å². The van der Waals surface area contributed by atoms with Crippen molar-refractivity contribution in [3.63, 3.8) is 0 Å². The minimum Gasteiger partial charge on any atom is -0.380 e. The lowest BCUT2D eigenvalue weighted by molar-refractivity contribution is 0.112. The first-order valence-corrected chi connectivity index (χ1v) is 9.18. The van der Waals surface area contributed by atoms with Crippen molar-refractivity contribution >= 4 is 23.5 Å². The molecule has 0 aromatic heterocycles. The van der Waals surface area contributed by atoms with Crippen LogP contribution >= 0.6 is 23.5 Å². The van der Waals surface area contributed by atoms with Crippen molar-refractivity contribution in [2.45, 2.75) is 6.04 Å². The van der Waals surface area contributed by atoms with Crippen molar-refractivity contribution in [3.8, 4) is 0 Å². The SMILES string of the molecule is CN(C)CC1COCCN(C2CSCCSC2)C1. The Morgan fingerprint density at radius 3 is 2.61 bits per heavy atom. The first-order chi connectivity index (χ1) is 8.75. The van der Waals surface area contributed by atoms with Crippen LogP contribution in [0.1, 0.15) is 0 Å². The normalized spacial score (nSPS) is 29.2. The van der Waals surface area contributed by atoms with Crippen LogP contribution in [0.5, 0.6) is 0 Å². The van der Waals surface area contributed by atoms with Gasteiger partial charge in [0.15, 0.2) is 0 Å². The van der Waals surface area contributed by atoms with E-state index in [-0.39, 0.29) is 0 Å². The van der Waals surface area contributed by atoms with E-state index in [0.29, 0.717) is 5.92 Å². The molecular weight excluding hydrogens is 264 g/mol. The van der Waals surface area contributed by atoms with Gasteiger partial charge in [-0.1, -0.05) is 0 Å². The number of rotatable bonds is 3. The van der Waals surface area contributed by atoms with Crippen molar-refractivity contribution in [1.29, 1.82) is 0 Å². The summed E-state index contributed by atoms with van der Waals surface area (Å²) >= 11 is 4.25. The van der Waals surface area contributed by atoms with E-state index in [1.54, 1.807) is 0 Å². The molecule has 3 nitrogen and oxygen atoms in total. The monoisotopic (exact) mass is 290 g/mol. The molecule has 0 radical (unpaired) electrons. The maximum Gasteiger partial charge on any atom is 0.0593 e. The first-order valence-electron chi connectivity index (χ1n) is 6.87. The van der Waals surface area contributed by atoms with Crippen LogP contribution in [0.15, 0.2) is 0 Å². The highest BCUT2D eigenvalue weighted by atomic mass is 32.2. The molecule has 2 aliphatic rings. The molecule has 0 spiro atoms. The lowest BCUT2D eigenvalue weighted by Crippen LogP contribution is -2.43. The number of ether oxygens (including phenoxy) is 1. The molecule has 0 bridgehead atoms. The molecule has 1 atom stereocenters. The zero-order chi connectivity index (χ0) is 12.8. The molecule has 18 heavy (non-hydrogen) atoms. The van der Waals surface area contributed by atoms with Crippen LogP contribution < -0.4 is 0 Å². The van der Waals surface area contributed by atoms with E-state index < -0.39 is 0 Å². The molecule has 2 fully saturated rings. The number of thioether (sulfide) groups is 2. The Balaban J connectivity index is 1.88. The molecule has 2 aliphatic heterocycles. The fraction of sp³-hybridized carbons (Fsp3) is 1.00. The van der Waals surface area contributed by atoms with Gasteiger partial charge in [0.1, 0.15) is 0 Å². The Bertz CT molecular complexity index is 233. The van der Waals surface area contributed by atoms with Crippen LogP contribution in [0.4, 0.5) is 0 Å². The molecule has 2 heterocycles. The summed E-state index contributed by atoms with van der Waals surface area (Å²) in [5, 5.41) is 0. The Kier molecular flexibility index (Phi) is 6.66. The number of nitrogens with zero attached hydrogens (tertiary/aromatic N) is 2. The van der Waals surface area contributed by atoms with Gasteiger partial charge in [0.25, 0.3) is 0 Å². The van der Waals surface area contributed by atoms with E-state index >= 15 is 0 Å². The van der Waals surface area contributed by atoms with Gasteiger partial charge in [-0.15, -0.1) is 0 Å². The summed E-state index contributed by atoms with van der Waals surface area (Å²) in [4.78, 5) is 4.97. The summed E-state index contributed by atoms with van der Waals surface area (Å²) in [5.74, 6) is 5.93. The molecule has 0 amide bonds. The second-order valence-electron chi connectivity index (χ2n) is 5.50. The molecule has 0 aliphatic carbocycles. The standard InChI is InChI=1S/C13H26N2OS2/c1-14(2)7-12-8-15(3-4-16-9-12)13-10-17-5-6-18-11-13/h12-13H,3-11H2,1-2H3. The van der Waals surface area contributed by atoms with Crippen molar-refractivity contribution < 1.29 is 4.74 Å². The Morgan fingerprint density at radius 1 is 1.22 bits per heavy atom.